The van der Waals surface area contributed by atoms with Crippen LogP contribution in [0.4, 0.5) is 0 Å². The largest absolute Gasteiger partial charge is 0.294 e. The third kappa shape index (κ3) is 2.87. The van der Waals surface area contributed by atoms with Gasteiger partial charge in [-0.3, -0.25) is 4.79 Å². The SMILES string of the molecule is C=C[C@H]1[C@H]2CC(=O)C(c3ccccc3)=C2CN1S(=O)(=O)c1ccc(C)cc1. The molecule has 4 nitrogen and oxygen atoms in total. The van der Waals surface area contributed by atoms with Crippen molar-refractivity contribution in [1.82, 2.24) is 4.31 Å². The molecule has 0 spiro atoms. The predicted molar refractivity (Wildman–Crippen MR) is 106 cm³/mol. The summed E-state index contributed by atoms with van der Waals surface area (Å²) in [6.45, 7) is 6.01. The van der Waals surface area contributed by atoms with E-state index in [2.05, 4.69) is 6.58 Å². The van der Waals surface area contributed by atoms with Gasteiger partial charge in [-0.05, 0) is 30.2 Å². The van der Waals surface area contributed by atoms with Gasteiger partial charge in [0.05, 0.1) is 10.9 Å². The molecule has 27 heavy (non-hydrogen) atoms. The van der Waals surface area contributed by atoms with Gasteiger partial charge in [-0.1, -0.05) is 54.1 Å². The molecule has 0 bridgehead atoms. The molecule has 2 aromatic carbocycles. The van der Waals surface area contributed by atoms with Crippen molar-refractivity contribution >= 4 is 21.4 Å². The average Bonchev–Trinajstić information content (AvgIpc) is 3.17. The summed E-state index contributed by atoms with van der Waals surface area (Å²) in [5.41, 5.74) is 3.45. The first kappa shape index (κ1) is 17.9. The van der Waals surface area contributed by atoms with Crippen molar-refractivity contribution < 1.29 is 13.2 Å². The van der Waals surface area contributed by atoms with E-state index in [1.165, 1.54) is 4.31 Å². The molecule has 1 heterocycles. The molecule has 0 radical (unpaired) electrons. The van der Waals surface area contributed by atoms with Crippen molar-refractivity contribution in [2.45, 2.75) is 24.3 Å². The Bertz CT molecular complexity index is 1040. The van der Waals surface area contributed by atoms with Crippen molar-refractivity contribution in [3.8, 4) is 0 Å². The zero-order chi connectivity index (χ0) is 19.2. The zero-order valence-electron chi connectivity index (χ0n) is 15.1. The molecule has 0 unspecified atom stereocenters. The summed E-state index contributed by atoms with van der Waals surface area (Å²) < 4.78 is 28.0. The first-order valence-electron chi connectivity index (χ1n) is 8.96. The number of nitrogens with zero attached hydrogens (tertiary/aromatic N) is 1. The maximum absolute atomic E-state index is 13.2. The van der Waals surface area contributed by atoms with Gasteiger partial charge in [0.1, 0.15) is 0 Å². The Morgan fingerprint density at radius 3 is 2.37 bits per heavy atom. The fraction of sp³-hybridized carbons (Fsp3) is 0.227. The summed E-state index contributed by atoms with van der Waals surface area (Å²) in [5, 5.41) is 0. The minimum absolute atomic E-state index is 0.0837. The summed E-state index contributed by atoms with van der Waals surface area (Å²) in [6.07, 6.45) is 1.99. The highest BCUT2D eigenvalue weighted by molar-refractivity contribution is 7.89. The second-order valence-electron chi connectivity index (χ2n) is 7.09. The molecule has 4 rings (SSSR count). The molecule has 1 aliphatic heterocycles. The van der Waals surface area contributed by atoms with E-state index in [1.54, 1.807) is 30.3 Å². The monoisotopic (exact) mass is 379 g/mol. The van der Waals surface area contributed by atoms with Crippen molar-refractivity contribution in [2.24, 2.45) is 5.92 Å². The number of Topliss-reactive ketones (excluding diaryl/α,β-unsaturated/α-hetero) is 1. The number of allylic oxidation sites excluding steroid dienone is 1. The van der Waals surface area contributed by atoms with Gasteiger partial charge in [0.15, 0.2) is 5.78 Å². The number of rotatable bonds is 4. The second kappa shape index (κ2) is 6.59. The van der Waals surface area contributed by atoms with Crippen LogP contribution in [-0.4, -0.2) is 31.1 Å². The Morgan fingerprint density at radius 2 is 1.74 bits per heavy atom. The van der Waals surface area contributed by atoms with Gasteiger partial charge in [0.2, 0.25) is 10.0 Å². The number of aryl methyl sites for hydroxylation is 1. The molecule has 1 aliphatic carbocycles. The first-order valence-corrected chi connectivity index (χ1v) is 10.4. The average molecular weight is 379 g/mol. The summed E-state index contributed by atoms with van der Waals surface area (Å²) >= 11 is 0. The van der Waals surface area contributed by atoms with Crippen LogP contribution in [0, 0.1) is 12.8 Å². The molecule has 0 saturated carbocycles. The maximum atomic E-state index is 13.2. The molecule has 1 fully saturated rings. The van der Waals surface area contributed by atoms with E-state index >= 15 is 0 Å². The smallest absolute Gasteiger partial charge is 0.243 e. The number of carbonyl (C=O) groups is 1. The van der Waals surface area contributed by atoms with Crippen LogP contribution in [0.5, 0.6) is 0 Å². The van der Waals surface area contributed by atoms with Crippen LogP contribution in [0.2, 0.25) is 0 Å². The van der Waals surface area contributed by atoms with Crippen LogP contribution in [0.15, 0.2) is 77.7 Å². The number of sulfonamides is 1. The third-order valence-electron chi connectivity index (χ3n) is 5.46. The van der Waals surface area contributed by atoms with E-state index in [1.807, 2.05) is 37.3 Å². The Hall–Kier alpha value is -2.50. The number of fused-ring (bicyclic) bond motifs is 1. The van der Waals surface area contributed by atoms with Gasteiger partial charge in [-0.25, -0.2) is 8.42 Å². The minimum Gasteiger partial charge on any atom is -0.294 e. The summed E-state index contributed by atoms with van der Waals surface area (Å²) in [7, 11) is -3.67. The fourth-order valence-corrected chi connectivity index (χ4v) is 5.72. The van der Waals surface area contributed by atoms with Gasteiger partial charge in [-0.2, -0.15) is 4.31 Å². The molecular weight excluding hydrogens is 358 g/mol. The van der Waals surface area contributed by atoms with Crippen molar-refractivity contribution in [3.05, 3.63) is 84.0 Å². The molecule has 138 valence electrons. The van der Waals surface area contributed by atoms with E-state index < -0.39 is 16.1 Å². The standard InChI is InChI=1S/C22H21NO3S/c1-3-20-18-13-21(24)22(16-7-5-4-6-8-16)19(18)14-23(20)27(25,26)17-11-9-15(2)10-12-17/h3-12,18,20H,1,13-14H2,2H3/t18-,20-/m0/s1. The molecule has 0 N–H and O–H groups in total. The topological polar surface area (TPSA) is 54.5 Å². The van der Waals surface area contributed by atoms with Crippen molar-refractivity contribution in [2.75, 3.05) is 6.54 Å². The Kier molecular flexibility index (Phi) is 4.36. The van der Waals surface area contributed by atoms with Crippen LogP contribution in [-0.2, 0) is 14.8 Å². The Balaban J connectivity index is 1.79. The summed E-state index contributed by atoms with van der Waals surface area (Å²) in [4.78, 5) is 12.9. The lowest BCUT2D eigenvalue weighted by Crippen LogP contribution is -2.37. The van der Waals surface area contributed by atoms with Crippen LogP contribution >= 0.6 is 0 Å². The maximum Gasteiger partial charge on any atom is 0.243 e. The minimum atomic E-state index is -3.67. The number of hydrogen-bond donors (Lipinski definition) is 0. The van der Waals surface area contributed by atoms with Crippen molar-refractivity contribution in [1.29, 1.82) is 0 Å². The van der Waals surface area contributed by atoms with E-state index in [0.717, 1.165) is 16.7 Å². The number of carbonyl (C=O) groups excluding carboxylic acids is 1. The van der Waals surface area contributed by atoms with Crippen molar-refractivity contribution in [3.63, 3.8) is 0 Å². The van der Waals surface area contributed by atoms with Gasteiger partial charge in [0, 0.05) is 24.5 Å². The molecule has 0 aromatic heterocycles. The zero-order valence-corrected chi connectivity index (χ0v) is 15.9. The lowest BCUT2D eigenvalue weighted by molar-refractivity contribution is -0.113. The third-order valence-corrected chi connectivity index (χ3v) is 7.31. The lowest BCUT2D eigenvalue weighted by Gasteiger charge is -2.24. The van der Waals surface area contributed by atoms with E-state index in [4.69, 9.17) is 0 Å². The van der Waals surface area contributed by atoms with Gasteiger partial charge < -0.3 is 0 Å². The molecule has 2 aliphatic rings. The molecule has 2 atom stereocenters. The second-order valence-corrected chi connectivity index (χ2v) is 8.98. The number of benzene rings is 2. The molecule has 2 aromatic rings. The molecule has 0 amide bonds. The van der Waals surface area contributed by atoms with Gasteiger partial charge in [0.25, 0.3) is 0 Å². The highest BCUT2D eigenvalue weighted by atomic mass is 32.2. The highest BCUT2D eigenvalue weighted by Gasteiger charge is 2.48. The van der Waals surface area contributed by atoms with Crippen LogP contribution < -0.4 is 0 Å². The van der Waals surface area contributed by atoms with Crippen LogP contribution in [0.1, 0.15) is 17.5 Å². The Morgan fingerprint density at radius 1 is 1.07 bits per heavy atom. The number of ketones is 1. The van der Waals surface area contributed by atoms with Crippen LogP contribution in [0.25, 0.3) is 5.57 Å². The van der Waals surface area contributed by atoms with Gasteiger partial charge >= 0.3 is 0 Å². The predicted octanol–water partition coefficient (Wildman–Crippen LogP) is 3.60. The lowest BCUT2D eigenvalue weighted by atomic mass is 9.96. The molecule has 5 heteroatoms. The Labute approximate surface area is 159 Å². The normalized spacial score (nSPS) is 22.9. The van der Waals surface area contributed by atoms with Crippen LogP contribution in [0.3, 0.4) is 0 Å². The highest BCUT2D eigenvalue weighted by Crippen LogP contribution is 2.45. The first-order chi connectivity index (χ1) is 12.9. The number of hydrogen-bond acceptors (Lipinski definition) is 3. The van der Waals surface area contributed by atoms with E-state index in [0.29, 0.717) is 12.0 Å². The molecular formula is C22H21NO3S. The summed E-state index contributed by atoms with van der Waals surface area (Å²) in [6, 6.07) is 16.0. The summed E-state index contributed by atoms with van der Waals surface area (Å²) in [5.74, 6) is -0.0501. The van der Waals surface area contributed by atoms with E-state index in [-0.39, 0.29) is 23.1 Å². The van der Waals surface area contributed by atoms with E-state index in [9.17, 15) is 13.2 Å². The fourth-order valence-electron chi connectivity index (χ4n) is 4.11. The molecule has 1 saturated heterocycles. The quantitative estimate of drug-likeness (QED) is 0.763. The van der Waals surface area contributed by atoms with Gasteiger partial charge in [-0.15, -0.1) is 6.58 Å².